The molecule has 2 aliphatic rings. The maximum absolute atomic E-state index is 12.5. The molecule has 2 heterocycles. The lowest BCUT2D eigenvalue weighted by atomic mass is 9.89. The van der Waals surface area contributed by atoms with Crippen LogP contribution in [0.4, 0.5) is 0 Å². The van der Waals surface area contributed by atoms with Gasteiger partial charge < -0.3 is 19.8 Å². The Morgan fingerprint density at radius 3 is 2.67 bits per heavy atom. The van der Waals surface area contributed by atoms with E-state index < -0.39 is 0 Å². The van der Waals surface area contributed by atoms with E-state index in [0.717, 1.165) is 45.3 Å². The number of likely N-dealkylation sites (tertiary alicyclic amines) is 2. The van der Waals surface area contributed by atoms with E-state index in [1.807, 2.05) is 23.9 Å². The van der Waals surface area contributed by atoms with E-state index in [9.17, 15) is 14.7 Å². The molecule has 1 N–H and O–H groups in total. The van der Waals surface area contributed by atoms with Crippen molar-refractivity contribution in [3.63, 3.8) is 0 Å². The van der Waals surface area contributed by atoms with Crippen LogP contribution in [0.15, 0.2) is 0 Å². The van der Waals surface area contributed by atoms with Crippen LogP contribution in [0, 0.1) is 11.8 Å². The molecule has 0 aromatic carbocycles. The Labute approximate surface area is 145 Å². The van der Waals surface area contributed by atoms with Crippen LogP contribution in [0.25, 0.3) is 0 Å². The summed E-state index contributed by atoms with van der Waals surface area (Å²) in [5.74, 6) is 1.02. The number of carbonyl (C=O) groups excluding carboxylic acids is 2. The number of aliphatic hydroxyl groups is 1. The Bertz CT molecular complexity index is 428. The van der Waals surface area contributed by atoms with Crippen LogP contribution in [0.3, 0.4) is 0 Å². The fourth-order valence-electron chi connectivity index (χ4n) is 3.98. The fourth-order valence-corrected chi connectivity index (χ4v) is 3.98. The molecule has 2 rings (SSSR count). The standard InChI is InChI=1S/C18H33N3O3/c1-19(2)11-15-10-16(14-22)13-21(12-15)18(24)7-5-9-20-8-4-3-6-17(20)23/h15-16,22H,3-14H2,1-2H3/t15-,16+/m1/s1. The normalized spacial score (nSPS) is 25.4. The van der Waals surface area contributed by atoms with Crippen LogP contribution in [0.1, 0.15) is 38.5 Å². The van der Waals surface area contributed by atoms with Crippen molar-refractivity contribution >= 4 is 11.8 Å². The van der Waals surface area contributed by atoms with Crippen LogP contribution in [0.5, 0.6) is 0 Å². The number of hydrogen-bond donors (Lipinski definition) is 1. The molecule has 24 heavy (non-hydrogen) atoms. The Hall–Kier alpha value is -1.14. The first kappa shape index (κ1) is 19.2. The lowest BCUT2D eigenvalue weighted by Crippen LogP contribution is -2.47. The minimum absolute atomic E-state index is 0.149. The van der Waals surface area contributed by atoms with Gasteiger partial charge in [-0.05, 0) is 51.6 Å². The molecule has 6 heteroatoms. The summed E-state index contributed by atoms with van der Waals surface area (Å²) >= 11 is 0. The summed E-state index contributed by atoms with van der Waals surface area (Å²) in [6.45, 7) is 4.09. The predicted octanol–water partition coefficient (Wildman–Crippen LogP) is 0.798. The van der Waals surface area contributed by atoms with Crippen molar-refractivity contribution in [3.8, 4) is 0 Å². The van der Waals surface area contributed by atoms with Crippen molar-refractivity contribution in [2.24, 2.45) is 11.8 Å². The Morgan fingerprint density at radius 2 is 2.00 bits per heavy atom. The summed E-state index contributed by atoms with van der Waals surface area (Å²) in [6, 6.07) is 0. The zero-order valence-electron chi connectivity index (χ0n) is 15.2. The van der Waals surface area contributed by atoms with Gasteiger partial charge in [0.25, 0.3) is 0 Å². The summed E-state index contributed by atoms with van der Waals surface area (Å²) in [7, 11) is 4.09. The minimum atomic E-state index is 0.149. The molecular formula is C18H33N3O3. The highest BCUT2D eigenvalue weighted by Crippen LogP contribution is 2.23. The van der Waals surface area contributed by atoms with Crippen LogP contribution in [0.2, 0.25) is 0 Å². The van der Waals surface area contributed by atoms with Gasteiger partial charge >= 0.3 is 0 Å². The molecule has 0 radical (unpaired) electrons. The highest BCUT2D eigenvalue weighted by atomic mass is 16.3. The number of hydrogen-bond acceptors (Lipinski definition) is 4. The number of aliphatic hydroxyl groups excluding tert-OH is 1. The van der Waals surface area contributed by atoms with Crippen LogP contribution < -0.4 is 0 Å². The lowest BCUT2D eigenvalue weighted by molar-refractivity contribution is -0.136. The van der Waals surface area contributed by atoms with Gasteiger partial charge in [0.1, 0.15) is 0 Å². The molecule has 2 atom stereocenters. The van der Waals surface area contributed by atoms with E-state index in [0.29, 0.717) is 31.8 Å². The Kier molecular flexibility index (Phi) is 7.49. The number of piperidine rings is 2. The number of rotatable bonds is 7. The first-order valence-electron chi connectivity index (χ1n) is 9.30. The van der Waals surface area contributed by atoms with Gasteiger partial charge in [-0.15, -0.1) is 0 Å². The van der Waals surface area contributed by atoms with Crippen molar-refractivity contribution in [1.82, 2.24) is 14.7 Å². The van der Waals surface area contributed by atoms with Crippen molar-refractivity contribution in [2.75, 3.05) is 53.4 Å². The highest BCUT2D eigenvalue weighted by Gasteiger charge is 2.29. The van der Waals surface area contributed by atoms with E-state index in [-0.39, 0.29) is 24.3 Å². The molecule has 0 aliphatic carbocycles. The maximum atomic E-state index is 12.5. The van der Waals surface area contributed by atoms with Crippen LogP contribution in [-0.2, 0) is 9.59 Å². The summed E-state index contributed by atoms with van der Waals surface area (Å²) in [5.41, 5.74) is 0. The molecule has 0 bridgehead atoms. The molecule has 2 saturated heterocycles. The van der Waals surface area contributed by atoms with Crippen LogP contribution >= 0.6 is 0 Å². The van der Waals surface area contributed by atoms with Gasteiger partial charge in [-0.25, -0.2) is 0 Å². The smallest absolute Gasteiger partial charge is 0.222 e. The number of nitrogens with zero attached hydrogens (tertiary/aromatic N) is 3. The average molecular weight is 339 g/mol. The van der Waals surface area contributed by atoms with Gasteiger partial charge in [0.05, 0.1) is 0 Å². The van der Waals surface area contributed by atoms with Crippen molar-refractivity contribution in [3.05, 3.63) is 0 Å². The molecule has 2 fully saturated rings. The van der Waals surface area contributed by atoms with E-state index >= 15 is 0 Å². The van der Waals surface area contributed by atoms with Crippen molar-refractivity contribution < 1.29 is 14.7 Å². The average Bonchev–Trinajstić information content (AvgIpc) is 2.55. The third-order valence-electron chi connectivity index (χ3n) is 5.10. The third kappa shape index (κ3) is 5.74. The molecule has 6 nitrogen and oxygen atoms in total. The monoisotopic (exact) mass is 339 g/mol. The quantitative estimate of drug-likeness (QED) is 0.745. The maximum Gasteiger partial charge on any atom is 0.222 e. The van der Waals surface area contributed by atoms with Crippen molar-refractivity contribution in [2.45, 2.75) is 38.5 Å². The lowest BCUT2D eigenvalue weighted by Gasteiger charge is -2.38. The molecule has 2 aliphatic heterocycles. The van der Waals surface area contributed by atoms with Gasteiger partial charge in [0, 0.05) is 52.2 Å². The SMILES string of the molecule is CN(C)C[C@H]1C[C@H](CO)CN(C(=O)CCCN2CCCCC2=O)C1. The first-order valence-corrected chi connectivity index (χ1v) is 9.30. The minimum Gasteiger partial charge on any atom is -0.396 e. The highest BCUT2D eigenvalue weighted by molar-refractivity contribution is 5.77. The topological polar surface area (TPSA) is 64.1 Å². The fraction of sp³-hybridized carbons (Fsp3) is 0.889. The van der Waals surface area contributed by atoms with Crippen molar-refractivity contribution in [1.29, 1.82) is 0 Å². The summed E-state index contributed by atoms with van der Waals surface area (Å²) in [5, 5.41) is 9.52. The van der Waals surface area contributed by atoms with Gasteiger partial charge in [0.15, 0.2) is 0 Å². The number of carbonyl (C=O) groups is 2. The van der Waals surface area contributed by atoms with Crippen LogP contribution in [-0.4, -0.2) is 85.0 Å². The largest absolute Gasteiger partial charge is 0.396 e. The van der Waals surface area contributed by atoms with Gasteiger partial charge in [0.2, 0.25) is 11.8 Å². The molecule has 0 unspecified atom stereocenters. The summed E-state index contributed by atoms with van der Waals surface area (Å²) in [4.78, 5) is 30.3. The van der Waals surface area contributed by atoms with E-state index in [2.05, 4.69) is 4.90 Å². The molecule has 138 valence electrons. The van der Waals surface area contributed by atoms with E-state index in [1.165, 1.54) is 0 Å². The van der Waals surface area contributed by atoms with Gasteiger partial charge in [-0.3, -0.25) is 9.59 Å². The number of amides is 2. The van der Waals surface area contributed by atoms with Gasteiger partial charge in [-0.2, -0.15) is 0 Å². The second kappa shape index (κ2) is 9.37. The molecular weight excluding hydrogens is 306 g/mol. The molecule has 2 amide bonds. The third-order valence-corrected chi connectivity index (χ3v) is 5.10. The summed E-state index contributed by atoms with van der Waals surface area (Å²) in [6.07, 6.45) is 4.96. The Balaban J connectivity index is 1.78. The molecule has 0 aromatic rings. The second-order valence-electron chi connectivity index (χ2n) is 7.65. The molecule has 0 saturated carbocycles. The van der Waals surface area contributed by atoms with E-state index in [1.54, 1.807) is 0 Å². The second-order valence-corrected chi connectivity index (χ2v) is 7.65. The van der Waals surface area contributed by atoms with E-state index in [4.69, 9.17) is 0 Å². The Morgan fingerprint density at radius 1 is 1.25 bits per heavy atom. The first-order chi connectivity index (χ1) is 11.5. The zero-order chi connectivity index (χ0) is 17.5. The summed E-state index contributed by atoms with van der Waals surface area (Å²) < 4.78 is 0. The molecule has 0 aromatic heterocycles. The molecule has 0 spiro atoms. The predicted molar refractivity (Wildman–Crippen MR) is 93.5 cm³/mol. The zero-order valence-corrected chi connectivity index (χ0v) is 15.2. The van der Waals surface area contributed by atoms with Gasteiger partial charge in [-0.1, -0.05) is 0 Å².